The average Bonchev–Trinajstić information content (AvgIpc) is 2.84. The Morgan fingerprint density at radius 2 is 2.31 bits per heavy atom. The Kier molecular flexibility index (Phi) is 2.93. The SMILES string of the molecule is c1csc(CON=C2CN3CCC2CC3)c1. The number of rotatable bonds is 3. The normalized spacial score (nSPS) is 30.9. The number of thiophene rings is 1. The molecule has 4 heterocycles. The van der Waals surface area contributed by atoms with Crippen molar-refractivity contribution in [1.29, 1.82) is 0 Å². The third kappa shape index (κ3) is 2.13. The van der Waals surface area contributed by atoms with Gasteiger partial charge in [0.25, 0.3) is 0 Å². The molecule has 3 fully saturated rings. The minimum Gasteiger partial charge on any atom is -0.390 e. The van der Waals surface area contributed by atoms with Gasteiger partial charge >= 0.3 is 0 Å². The van der Waals surface area contributed by atoms with Crippen LogP contribution in [0.1, 0.15) is 17.7 Å². The first-order valence-electron chi connectivity index (χ1n) is 5.85. The van der Waals surface area contributed by atoms with E-state index >= 15 is 0 Å². The maximum Gasteiger partial charge on any atom is 0.151 e. The van der Waals surface area contributed by atoms with E-state index in [2.05, 4.69) is 21.5 Å². The van der Waals surface area contributed by atoms with Crippen molar-refractivity contribution in [1.82, 2.24) is 4.90 Å². The van der Waals surface area contributed by atoms with Gasteiger partial charge in [0.05, 0.1) is 5.71 Å². The molecule has 0 aromatic carbocycles. The summed E-state index contributed by atoms with van der Waals surface area (Å²) >= 11 is 1.72. The summed E-state index contributed by atoms with van der Waals surface area (Å²) in [5.74, 6) is 0.688. The lowest BCUT2D eigenvalue weighted by molar-refractivity contribution is 0.120. The van der Waals surface area contributed by atoms with Gasteiger partial charge in [-0.2, -0.15) is 0 Å². The Bertz CT molecular complexity index is 366. The summed E-state index contributed by atoms with van der Waals surface area (Å²) in [6, 6.07) is 4.13. The zero-order valence-corrected chi connectivity index (χ0v) is 10.1. The smallest absolute Gasteiger partial charge is 0.151 e. The zero-order chi connectivity index (χ0) is 10.8. The second-order valence-corrected chi connectivity index (χ2v) is 5.52. The molecule has 0 saturated carbocycles. The minimum absolute atomic E-state index is 0.619. The van der Waals surface area contributed by atoms with Gasteiger partial charge in [-0.1, -0.05) is 11.2 Å². The standard InChI is InChI=1S/C12H16N2OS/c1-2-11(16-7-1)9-15-13-12-8-14-5-3-10(12)4-6-14/h1-2,7,10H,3-6,8-9H2. The van der Waals surface area contributed by atoms with Crippen LogP contribution in [0.2, 0.25) is 0 Å². The van der Waals surface area contributed by atoms with Gasteiger partial charge in [-0.25, -0.2) is 0 Å². The van der Waals surface area contributed by atoms with E-state index in [-0.39, 0.29) is 0 Å². The van der Waals surface area contributed by atoms with Crippen molar-refractivity contribution in [3.63, 3.8) is 0 Å². The summed E-state index contributed by atoms with van der Waals surface area (Å²) in [5, 5.41) is 6.39. The molecule has 1 aromatic heterocycles. The van der Waals surface area contributed by atoms with Gasteiger partial charge in [0.1, 0.15) is 0 Å². The van der Waals surface area contributed by atoms with Gasteiger partial charge in [-0.05, 0) is 37.4 Å². The van der Waals surface area contributed by atoms with E-state index in [1.807, 2.05) is 6.07 Å². The van der Waals surface area contributed by atoms with Crippen LogP contribution in [0.3, 0.4) is 0 Å². The molecule has 16 heavy (non-hydrogen) atoms. The van der Waals surface area contributed by atoms with E-state index in [4.69, 9.17) is 4.84 Å². The highest BCUT2D eigenvalue weighted by Crippen LogP contribution is 2.25. The lowest BCUT2D eigenvalue weighted by Gasteiger charge is -2.39. The van der Waals surface area contributed by atoms with E-state index in [9.17, 15) is 0 Å². The summed E-state index contributed by atoms with van der Waals surface area (Å²) in [7, 11) is 0. The van der Waals surface area contributed by atoms with Crippen LogP contribution in [0, 0.1) is 5.92 Å². The van der Waals surface area contributed by atoms with Crippen molar-refractivity contribution in [2.45, 2.75) is 19.4 Å². The number of nitrogens with zero attached hydrogens (tertiary/aromatic N) is 2. The number of hydrogen-bond acceptors (Lipinski definition) is 4. The van der Waals surface area contributed by atoms with Crippen molar-refractivity contribution in [2.24, 2.45) is 11.1 Å². The fourth-order valence-corrected chi connectivity index (χ4v) is 3.07. The molecule has 3 saturated heterocycles. The third-order valence-corrected chi connectivity index (χ3v) is 4.26. The molecule has 4 rings (SSSR count). The fourth-order valence-electron chi connectivity index (χ4n) is 2.46. The number of piperidine rings is 3. The molecular weight excluding hydrogens is 220 g/mol. The summed E-state index contributed by atoms with van der Waals surface area (Å²) < 4.78 is 0. The molecule has 1 aromatic rings. The van der Waals surface area contributed by atoms with Gasteiger partial charge in [0, 0.05) is 17.3 Å². The van der Waals surface area contributed by atoms with E-state index in [0.717, 1.165) is 6.54 Å². The van der Waals surface area contributed by atoms with Crippen LogP contribution in [-0.2, 0) is 11.4 Å². The van der Waals surface area contributed by atoms with Crippen molar-refractivity contribution >= 4 is 17.0 Å². The predicted molar refractivity (Wildman–Crippen MR) is 65.7 cm³/mol. The molecule has 0 radical (unpaired) electrons. The highest BCUT2D eigenvalue weighted by molar-refractivity contribution is 7.09. The molecule has 0 aliphatic carbocycles. The van der Waals surface area contributed by atoms with Gasteiger partial charge in [0.2, 0.25) is 0 Å². The van der Waals surface area contributed by atoms with Crippen LogP contribution in [0.25, 0.3) is 0 Å². The number of fused-ring (bicyclic) bond motifs is 3. The summed E-state index contributed by atoms with van der Waals surface area (Å²) in [4.78, 5) is 9.15. The Labute approximate surface area is 99.7 Å². The second kappa shape index (κ2) is 4.55. The summed E-state index contributed by atoms with van der Waals surface area (Å²) in [5.41, 5.74) is 1.26. The van der Waals surface area contributed by atoms with Crippen molar-refractivity contribution < 1.29 is 4.84 Å². The predicted octanol–water partition coefficient (Wildman–Crippen LogP) is 2.35. The van der Waals surface area contributed by atoms with Crippen molar-refractivity contribution in [3.05, 3.63) is 22.4 Å². The quantitative estimate of drug-likeness (QED) is 0.753. The highest BCUT2D eigenvalue weighted by atomic mass is 32.1. The maximum atomic E-state index is 5.44. The molecule has 0 spiro atoms. The molecule has 0 N–H and O–H groups in total. The maximum absolute atomic E-state index is 5.44. The van der Waals surface area contributed by atoms with Gasteiger partial charge in [-0.15, -0.1) is 11.3 Å². The second-order valence-electron chi connectivity index (χ2n) is 4.49. The van der Waals surface area contributed by atoms with Crippen LogP contribution in [-0.4, -0.2) is 30.2 Å². The molecule has 4 heteroatoms. The molecule has 3 nitrogen and oxygen atoms in total. The minimum atomic E-state index is 0.619. The molecule has 0 atom stereocenters. The topological polar surface area (TPSA) is 24.8 Å². The molecule has 0 amide bonds. The Balaban J connectivity index is 1.57. The van der Waals surface area contributed by atoms with Crippen LogP contribution < -0.4 is 0 Å². The number of hydrogen-bond donors (Lipinski definition) is 0. The molecule has 3 aliphatic heterocycles. The summed E-state index contributed by atoms with van der Waals surface area (Å²) in [6.07, 6.45) is 2.53. The van der Waals surface area contributed by atoms with Gasteiger partial charge in [0.15, 0.2) is 6.61 Å². The largest absolute Gasteiger partial charge is 0.390 e. The first-order valence-corrected chi connectivity index (χ1v) is 6.73. The van der Waals surface area contributed by atoms with E-state index < -0.39 is 0 Å². The fraction of sp³-hybridized carbons (Fsp3) is 0.583. The van der Waals surface area contributed by atoms with Crippen LogP contribution in [0.5, 0.6) is 0 Å². The first kappa shape index (κ1) is 10.3. The van der Waals surface area contributed by atoms with E-state index in [1.54, 1.807) is 11.3 Å². The first-order chi connectivity index (χ1) is 7.92. The van der Waals surface area contributed by atoms with Gasteiger partial charge in [-0.3, -0.25) is 4.90 Å². The monoisotopic (exact) mass is 236 g/mol. The zero-order valence-electron chi connectivity index (χ0n) is 9.26. The van der Waals surface area contributed by atoms with Crippen molar-refractivity contribution in [3.8, 4) is 0 Å². The van der Waals surface area contributed by atoms with E-state index in [0.29, 0.717) is 12.5 Å². The lowest BCUT2D eigenvalue weighted by Crippen LogP contribution is -2.47. The van der Waals surface area contributed by atoms with Crippen LogP contribution >= 0.6 is 11.3 Å². The molecule has 3 aliphatic rings. The Morgan fingerprint density at radius 3 is 2.94 bits per heavy atom. The molecule has 2 bridgehead atoms. The lowest BCUT2D eigenvalue weighted by atomic mass is 9.87. The molecule has 86 valence electrons. The van der Waals surface area contributed by atoms with E-state index in [1.165, 1.54) is 36.5 Å². The van der Waals surface area contributed by atoms with Gasteiger partial charge < -0.3 is 4.84 Å². The average molecular weight is 236 g/mol. The Morgan fingerprint density at radius 1 is 1.44 bits per heavy atom. The Hall–Kier alpha value is -0.870. The van der Waals surface area contributed by atoms with Crippen LogP contribution in [0.4, 0.5) is 0 Å². The number of oxime groups is 1. The highest BCUT2D eigenvalue weighted by Gasteiger charge is 2.31. The molecular formula is C12H16N2OS. The van der Waals surface area contributed by atoms with Crippen LogP contribution in [0.15, 0.2) is 22.7 Å². The summed E-state index contributed by atoms with van der Waals surface area (Å²) in [6.45, 7) is 4.13. The van der Waals surface area contributed by atoms with Crippen molar-refractivity contribution in [2.75, 3.05) is 19.6 Å². The third-order valence-electron chi connectivity index (χ3n) is 3.41. The molecule has 0 unspecified atom stereocenters.